The minimum Gasteiger partial charge on any atom is -0.492 e. The zero-order chi connectivity index (χ0) is 10.8. The molecule has 4 nitrogen and oxygen atoms in total. The van der Waals surface area contributed by atoms with Gasteiger partial charge in [-0.15, -0.1) is 0 Å². The summed E-state index contributed by atoms with van der Waals surface area (Å²) in [7, 11) is 2.99. The number of halogens is 1. The van der Waals surface area contributed by atoms with Gasteiger partial charge in [-0.05, 0) is 12.1 Å². The normalized spacial score (nSPS) is 18.2. The Hall–Kier alpha value is -1.62. The fraction of sp³-hybridized carbons (Fsp3) is 0.300. The second kappa shape index (κ2) is 3.86. The first-order chi connectivity index (χ1) is 7.24. The number of hydrogen-bond donors (Lipinski definition) is 1. The Labute approximate surface area is 86.0 Å². The van der Waals surface area contributed by atoms with Crippen molar-refractivity contribution >= 4 is 12.3 Å². The minimum absolute atomic E-state index is 0.134. The highest BCUT2D eigenvalue weighted by Gasteiger charge is 2.09. The lowest BCUT2D eigenvalue weighted by Crippen LogP contribution is -2.41. The van der Waals surface area contributed by atoms with E-state index in [0.29, 0.717) is 5.35 Å². The minimum atomic E-state index is -0.612. The van der Waals surface area contributed by atoms with Crippen LogP contribution in [0.5, 0.6) is 5.75 Å². The maximum atomic E-state index is 13.2. The maximum Gasteiger partial charge on any atom is 0.255 e. The number of methoxy groups -OCH3 is 2. The first-order valence-electron chi connectivity index (χ1n) is 4.46. The summed E-state index contributed by atoms with van der Waals surface area (Å²) in [6.45, 7) is 0. The summed E-state index contributed by atoms with van der Waals surface area (Å²) < 4.78 is 23.2. The summed E-state index contributed by atoms with van der Waals surface area (Å²) in [6, 6.07) is 1.60. The number of pyridine rings is 1. The van der Waals surface area contributed by atoms with Crippen molar-refractivity contribution in [3.05, 3.63) is 22.6 Å². The van der Waals surface area contributed by atoms with E-state index in [1.54, 1.807) is 19.4 Å². The van der Waals surface area contributed by atoms with Crippen LogP contribution in [0.25, 0.3) is 12.3 Å². The topological polar surface area (TPSA) is 43.4 Å². The molecule has 0 bridgehead atoms. The van der Waals surface area contributed by atoms with Crippen LogP contribution in [0.2, 0.25) is 0 Å². The molecule has 1 aliphatic heterocycles. The van der Waals surface area contributed by atoms with E-state index in [1.165, 1.54) is 7.11 Å². The molecule has 0 aliphatic carbocycles. The third-order valence-electron chi connectivity index (χ3n) is 2.19. The number of nitrogens with zero attached hydrogens (tertiary/aromatic N) is 1. The number of aromatic nitrogens is 1. The van der Waals surface area contributed by atoms with Gasteiger partial charge in [-0.3, -0.25) is 0 Å². The van der Waals surface area contributed by atoms with Crippen LogP contribution in [-0.4, -0.2) is 25.4 Å². The lowest BCUT2D eigenvalue weighted by atomic mass is 10.2. The number of hydrogen-bond acceptors (Lipinski definition) is 4. The summed E-state index contributed by atoms with van der Waals surface area (Å²) in [4.78, 5) is 3.76. The summed E-state index contributed by atoms with van der Waals surface area (Å²) in [6.07, 6.45) is 3.21. The van der Waals surface area contributed by atoms with Crippen molar-refractivity contribution < 1.29 is 13.9 Å². The van der Waals surface area contributed by atoms with Gasteiger partial charge in [-0.1, -0.05) is 0 Å². The van der Waals surface area contributed by atoms with E-state index in [9.17, 15) is 4.39 Å². The van der Waals surface area contributed by atoms with E-state index < -0.39 is 5.95 Å². The van der Waals surface area contributed by atoms with E-state index in [4.69, 9.17) is 9.47 Å². The molecule has 1 aliphatic rings. The molecule has 1 aromatic heterocycles. The predicted molar refractivity (Wildman–Crippen MR) is 52.9 cm³/mol. The Morgan fingerprint density at radius 3 is 2.93 bits per heavy atom. The molecule has 15 heavy (non-hydrogen) atoms. The SMILES string of the molecule is COc1cc2c(nc1F)=CNC(OC)C=2. The number of rotatable bonds is 2. The van der Waals surface area contributed by atoms with Crippen molar-refractivity contribution in [2.45, 2.75) is 6.23 Å². The summed E-state index contributed by atoms with van der Waals surface area (Å²) in [5, 5.41) is 4.25. The third kappa shape index (κ3) is 1.78. The molecular formula is C10H11FN2O2. The summed E-state index contributed by atoms with van der Waals surface area (Å²) in [5.74, 6) is -0.478. The maximum absolute atomic E-state index is 13.2. The molecule has 2 rings (SSSR count). The molecule has 5 heteroatoms. The van der Waals surface area contributed by atoms with Gasteiger partial charge in [0.05, 0.1) is 12.5 Å². The van der Waals surface area contributed by atoms with E-state index in [0.717, 1.165) is 5.22 Å². The van der Waals surface area contributed by atoms with Crippen LogP contribution in [-0.2, 0) is 4.74 Å². The first-order valence-corrected chi connectivity index (χ1v) is 4.46. The molecular weight excluding hydrogens is 199 g/mol. The first kappa shape index (κ1) is 9.92. The molecule has 0 spiro atoms. The van der Waals surface area contributed by atoms with Gasteiger partial charge in [-0.25, -0.2) is 4.98 Å². The average molecular weight is 210 g/mol. The van der Waals surface area contributed by atoms with Crippen LogP contribution in [0.4, 0.5) is 4.39 Å². The van der Waals surface area contributed by atoms with Crippen LogP contribution < -0.4 is 20.6 Å². The average Bonchev–Trinajstić information content (AvgIpc) is 2.27. The van der Waals surface area contributed by atoms with Crippen molar-refractivity contribution in [2.75, 3.05) is 14.2 Å². The molecule has 1 aromatic rings. The molecule has 0 aromatic carbocycles. The van der Waals surface area contributed by atoms with Gasteiger partial charge < -0.3 is 14.8 Å². The highest BCUT2D eigenvalue weighted by atomic mass is 19.1. The molecule has 2 heterocycles. The molecule has 80 valence electrons. The summed E-state index contributed by atoms with van der Waals surface area (Å²) in [5.41, 5.74) is 0. The van der Waals surface area contributed by atoms with Crippen LogP contribution in [0.1, 0.15) is 0 Å². The van der Waals surface area contributed by atoms with Crippen molar-refractivity contribution in [2.24, 2.45) is 0 Å². The lowest BCUT2D eigenvalue weighted by molar-refractivity contribution is 0.139. The molecule has 0 radical (unpaired) electrons. The lowest BCUT2D eigenvalue weighted by Gasteiger charge is -2.14. The van der Waals surface area contributed by atoms with E-state index in [2.05, 4.69) is 10.3 Å². The van der Waals surface area contributed by atoms with Gasteiger partial charge in [0.15, 0.2) is 5.75 Å². The molecule has 1 atom stereocenters. The molecule has 1 N–H and O–H groups in total. The highest BCUT2D eigenvalue weighted by Crippen LogP contribution is 2.08. The fourth-order valence-corrected chi connectivity index (χ4v) is 1.40. The predicted octanol–water partition coefficient (Wildman–Crippen LogP) is -0.677. The smallest absolute Gasteiger partial charge is 0.255 e. The molecule has 0 fully saturated rings. The van der Waals surface area contributed by atoms with Crippen molar-refractivity contribution in [1.29, 1.82) is 0 Å². The van der Waals surface area contributed by atoms with Crippen LogP contribution in [0.3, 0.4) is 0 Å². The van der Waals surface area contributed by atoms with Crippen molar-refractivity contribution in [3.8, 4) is 5.75 Å². The Kier molecular flexibility index (Phi) is 2.55. The van der Waals surface area contributed by atoms with Gasteiger partial charge in [0.2, 0.25) is 0 Å². The van der Waals surface area contributed by atoms with Crippen LogP contribution in [0, 0.1) is 5.95 Å². The van der Waals surface area contributed by atoms with E-state index in [1.807, 2.05) is 6.08 Å². The molecule has 0 amide bonds. The quantitative estimate of drug-likeness (QED) is 0.657. The monoisotopic (exact) mass is 210 g/mol. The number of fused-ring (bicyclic) bond motifs is 1. The largest absolute Gasteiger partial charge is 0.492 e. The molecule has 1 unspecified atom stereocenters. The van der Waals surface area contributed by atoms with Gasteiger partial charge in [0, 0.05) is 18.5 Å². The number of ether oxygens (including phenoxy) is 2. The standard InChI is InChI=1S/C10H11FN2O2/c1-14-8-3-6-4-9(15-2)12-5-7(6)13-10(8)11/h3-5,9,12H,1-2H3. The Bertz CT molecular complexity index is 487. The number of nitrogens with one attached hydrogen (secondary N) is 1. The van der Waals surface area contributed by atoms with Gasteiger partial charge in [0.1, 0.15) is 6.23 Å². The van der Waals surface area contributed by atoms with Gasteiger partial charge in [0.25, 0.3) is 5.95 Å². The van der Waals surface area contributed by atoms with Crippen molar-refractivity contribution in [1.82, 2.24) is 10.3 Å². The van der Waals surface area contributed by atoms with E-state index in [-0.39, 0.29) is 12.0 Å². The zero-order valence-electron chi connectivity index (χ0n) is 8.45. The Balaban J connectivity index is 2.59. The van der Waals surface area contributed by atoms with Crippen LogP contribution in [0.15, 0.2) is 6.07 Å². The fourth-order valence-electron chi connectivity index (χ4n) is 1.40. The molecule has 0 saturated heterocycles. The van der Waals surface area contributed by atoms with Gasteiger partial charge >= 0.3 is 0 Å². The summed E-state index contributed by atoms with van der Waals surface area (Å²) >= 11 is 0. The third-order valence-corrected chi connectivity index (χ3v) is 2.19. The zero-order valence-corrected chi connectivity index (χ0v) is 8.45. The second-order valence-electron chi connectivity index (χ2n) is 3.09. The van der Waals surface area contributed by atoms with Crippen LogP contribution >= 0.6 is 0 Å². The Morgan fingerprint density at radius 2 is 2.27 bits per heavy atom. The van der Waals surface area contributed by atoms with E-state index >= 15 is 0 Å². The second-order valence-corrected chi connectivity index (χ2v) is 3.09. The Morgan fingerprint density at radius 1 is 1.47 bits per heavy atom. The van der Waals surface area contributed by atoms with Gasteiger partial charge in [-0.2, -0.15) is 4.39 Å². The highest BCUT2D eigenvalue weighted by molar-refractivity contribution is 5.40. The molecule has 0 saturated carbocycles. The van der Waals surface area contributed by atoms with Crippen molar-refractivity contribution in [3.63, 3.8) is 0 Å².